The molecule has 0 saturated carbocycles. The number of nitrogen functional groups attached to an aromatic ring is 1. The lowest BCUT2D eigenvalue weighted by Crippen LogP contribution is -2.11. The Morgan fingerprint density at radius 2 is 2.28 bits per heavy atom. The van der Waals surface area contributed by atoms with Crippen molar-refractivity contribution >= 4 is 11.8 Å². The minimum absolute atomic E-state index is 0.0667. The highest BCUT2D eigenvalue weighted by Crippen LogP contribution is 2.15. The Bertz CT molecular complexity index is 559. The molecule has 2 aromatic heterocycles. The highest BCUT2D eigenvalue weighted by molar-refractivity contribution is 5.93. The van der Waals surface area contributed by atoms with Crippen molar-refractivity contribution in [3.8, 4) is 11.5 Å². The topological polar surface area (TPSA) is 104 Å². The molecule has 0 radical (unpaired) electrons. The van der Waals surface area contributed by atoms with Gasteiger partial charge in [-0.2, -0.15) is 0 Å². The molecule has 2 N–H and O–H groups in total. The van der Waals surface area contributed by atoms with Gasteiger partial charge in [0, 0.05) is 12.4 Å². The van der Waals surface area contributed by atoms with Crippen molar-refractivity contribution in [2.75, 3.05) is 12.3 Å². The molecule has 2 rings (SSSR count). The molecule has 0 saturated heterocycles. The van der Waals surface area contributed by atoms with E-state index in [-0.39, 0.29) is 18.0 Å². The first-order chi connectivity index (χ1) is 8.72. The lowest BCUT2D eigenvalue weighted by atomic mass is 10.3. The highest BCUT2D eigenvalue weighted by Gasteiger charge is 2.14. The standard InChI is InChI=1S/C11H11N5O2/c1-2-18-11(17)7-5-14-10(16-9(7)12)8-3-4-13-6-15-8/h3-6H,2H2,1H3,(H2,12,14,16). The van der Waals surface area contributed by atoms with Gasteiger partial charge in [0.05, 0.1) is 6.61 Å². The fourth-order valence-electron chi connectivity index (χ4n) is 1.31. The first-order valence-corrected chi connectivity index (χ1v) is 5.28. The predicted octanol–water partition coefficient (Wildman–Crippen LogP) is 0.693. The van der Waals surface area contributed by atoms with E-state index < -0.39 is 5.97 Å². The number of carbonyl (C=O) groups is 1. The van der Waals surface area contributed by atoms with E-state index in [1.54, 1.807) is 19.2 Å². The number of ether oxygens (including phenoxy) is 1. The number of esters is 1. The molecule has 0 spiro atoms. The summed E-state index contributed by atoms with van der Waals surface area (Å²) in [6.07, 6.45) is 4.28. The monoisotopic (exact) mass is 245 g/mol. The van der Waals surface area contributed by atoms with E-state index in [4.69, 9.17) is 10.5 Å². The summed E-state index contributed by atoms with van der Waals surface area (Å²) >= 11 is 0. The summed E-state index contributed by atoms with van der Waals surface area (Å²) in [7, 11) is 0. The zero-order valence-electron chi connectivity index (χ0n) is 9.70. The predicted molar refractivity (Wildman–Crippen MR) is 63.4 cm³/mol. The second-order valence-corrected chi connectivity index (χ2v) is 3.31. The minimum atomic E-state index is -0.538. The third-order valence-electron chi connectivity index (χ3n) is 2.12. The lowest BCUT2D eigenvalue weighted by molar-refractivity contribution is 0.0527. The molecule has 7 nitrogen and oxygen atoms in total. The van der Waals surface area contributed by atoms with Gasteiger partial charge in [0.25, 0.3) is 0 Å². The van der Waals surface area contributed by atoms with Crippen molar-refractivity contribution in [1.29, 1.82) is 0 Å². The van der Waals surface area contributed by atoms with Crippen LogP contribution in [0.4, 0.5) is 5.82 Å². The van der Waals surface area contributed by atoms with E-state index in [0.29, 0.717) is 11.5 Å². The van der Waals surface area contributed by atoms with Gasteiger partial charge < -0.3 is 10.5 Å². The van der Waals surface area contributed by atoms with Gasteiger partial charge in [0.2, 0.25) is 0 Å². The Balaban J connectivity index is 2.34. The molecule has 7 heteroatoms. The first kappa shape index (κ1) is 11.9. The number of nitrogens with zero attached hydrogens (tertiary/aromatic N) is 4. The zero-order valence-corrected chi connectivity index (χ0v) is 9.70. The van der Waals surface area contributed by atoms with Crippen LogP contribution >= 0.6 is 0 Å². The van der Waals surface area contributed by atoms with Crippen molar-refractivity contribution in [3.63, 3.8) is 0 Å². The van der Waals surface area contributed by atoms with Crippen LogP contribution in [0.5, 0.6) is 0 Å². The molecule has 0 atom stereocenters. The molecule has 92 valence electrons. The maximum absolute atomic E-state index is 11.5. The number of hydrogen-bond donors (Lipinski definition) is 1. The summed E-state index contributed by atoms with van der Waals surface area (Å²) in [6, 6.07) is 1.65. The number of rotatable bonds is 3. The van der Waals surface area contributed by atoms with Gasteiger partial charge in [-0.15, -0.1) is 0 Å². The average Bonchev–Trinajstić information content (AvgIpc) is 2.40. The molecule has 0 amide bonds. The van der Waals surface area contributed by atoms with Crippen LogP contribution < -0.4 is 5.73 Å². The summed E-state index contributed by atoms with van der Waals surface area (Å²) in [6.45, 7) is 1.98. The van der Waals surface area contributed by atoms with E-state index in [0.717, 1.165) is 0 Å². The SMILES string of the molecule is CCOC(=O)c1cnc(-c2ccncn2)nc1N. The molecule has 0 aliphatic rings. The fourth-order valence-corrected chi connectivity index (χ4v) is 1.31. The second-order valence-electron chi connectivity index (χ2n) is 3.31. The molecular weight excluding hydrogens is 234 g/mol. The van der Waals surface area contributed by atoms with Gasteiger partial charge in [-0.05, 0) is 13.0 Å². The molecule has 0 aromatic carbocycles. The molecule has 2 aromatic rings. The third kappa shape index (κ3) is 2.40. The quantitative estimate of drug-likeness (QED) is 0.793. The Morgan fingerprint density at radius 3 is 2.89 bits per heavy atom. The Hall–Kier alpha value is -2.57. The molecule has 0 aliphatic heterocycles. The van der Waals surface area contributed by atoms with Crippen molar-refractivity contribution in [2.24, 2.45) is 0 Å². The molecule has 0 bridgehead atoms. The maximum Gasteiger partial charge on any atom is 0.343 e. The van der Waals surface area contributed by atoms with Gasteiger partial charge in [0.1, 0.15) is 23.4 Å². The Labute approximate surface area is 103 Å². The largest absolute Gasteiger partial charge is 0.462 e. The normalized spacial score (nSPS) is 10.1. The van der Waals surface area contributed by atoms with E-state index >= 15 is 0 Å². The summed E-state index contributed by atoms with van der Waals surface area (Å²) in [4.78, 5) is 27.3. The van der Waals surface area contributed by atoms with Crippen molar-refractivity contribution < 1.29 is 9.53 Å². The van der Waals surface area contributed by atoms with Gasteiger partial charge in [-0.25, -0.2) is 24.7 Å². The van der Waals surface area contributed by atoms with E-state index in [1.807, 2.05) is 0 Å². The summed E-state index contributed by atoms with van der Waals surface area (Å²) in [5, 5.41) is 0. The average molecular weight is 245 g/mol. The minimum Gasteiger partial charge on any atom is -0.462 e. The number of nitrogens with two attached hydrogens (primary N) is 1. The first-order valence-electron chi connectivity index (χ1n) is 5.28. The third-order valence-corrected chi connectivity index (χ3v) is 2.12. The summed E-state index contributed by atoms with van der Waals surface area (Å²) in [5.41, 5.74) is 6.38. The fraction of sp³-hybridized carbons (Fsp3) is 0.182. The van der Waals surface area contributed by atoms with Crippen LogP contribution in [0.3, 0.4) is 0 Å². The second kappa shape index (κ2) is 5.17. The van der Waals surface area contributed by atoms with Crippen LogP contribution in [0, 0.1) is 0 Å². The molecule has 0 aliphatic carbocycles. The molecule has 18 heavy (non-hydrogen) atoms. The molecule has 0 fully saturated rings. The van der Waals surface area contributed by atoms with Crippen LogP contribution in [0.25, 0.3) is 11.5 Å². The number of aromatic nitrogens is 4. The van der Waals surface area contributed by atoms with E-state index in [1.165, 1.54) is 12.5 Å². The van der Waals surface area contributed by atoms with Crippen LogP contribution in [0.1, 0.15) is 17.3 Å². The van der Waals surface area contributed by atoms with Gasteiger partial charge >= 0.3 is 5.97 Å². The van der Waals surface area contributed by atoms with E-state index in [2.05, 4.69) is 19.9 Å². The van der Waals surface area contributed by atoms with Crippen LogP contribution in [0.15, 0.2) is 24.8 Å². The number of hydrogen-bond acceptors (Lipinski definition) is 7. The number of anilines is 1. The van der Waals surface area contributed by atoms with Crippen molar-refractivity contribution in [3.05, 3.63) is 30.4 Å². The Morgan fingerprint density at radius 1 is 1.44 bits per heavy atom. The van der Waals surface area contributed by atoms with Crippen LogP contribution in [-0.4, -0.2) is 32.5 Å². The van der Waals surface area contributed by atoms with Crippen LogP contribution in [-0.2, 0) is 4.74 Å². The maximum atomic E-state index is 11.5. The van der Waals surface area contributed by atoms with Crippen molar-refractivity contribution in [1.82, 2.24) is 19.9 Å². The molecule has 2 heterocycles. The van der Waals surface area contributed by atoms with Crippen molar-refractivity contribution in [2.45, 2.75) is 6.92 Å². The van der Waals surface area contributed by atoms with Gasteiger partial charge in [-0.3, -0.25) is 0 Å². The Kier molecular flexibility index (Phi) is 3.42. The van der Waals surface area contributed by atoms with Gasteiger partial charge in [-0.1, -0.05) is 0 Å². The number of carbonyl (C=O) groups excluding carboxylic acids is 1. The zero-order chi connectivity index (χ0) is 13.0. The lowest BCUT2D eigenvalue weighted by Gasteiger charge is -2.05. The smallest absolute Gasteiger partial charge is 0.343 e. The van der Waals surface area contributed by atoms with Crippen LogP contribution in [0.2, 0.25) is 0 Å². The summed E-state index contributed by atoms with van der Waals surface area (Å²) in [5.74, 6) is -0.135. The molecule has 0 unspecified atom stereocenters. The highest BCUT2D eigenvalue weighted by atomic mass is 16.5. The van der Waals surface area contributed by atoms with Gasteiger partial charge in [0.15, 0.2) is 5.82 Å². The summed E-state index contributed by atoms with van der Waals surface area (Å²) < 4.78 is 4.83. The molecular formula is C11H11N5O2. The van der Waals surface area contributed by atoms with E-state index in [9.17, 15) is 4.79 Å².